The van der Waals surface area contributed by atoms with Crippen LogP contribution in [-0.4, -0.2) is 16.1 Å². The maximum atomic E-state index is 5.35. The molecule has 0 atom stereocenters. The van der Waals surface area contributed by atoms with Crippen molar-refractivity contribution in [2.75, 3.05) is 0 Å². The average Bonchev–Trinajstić information content (AvgIpc) is 3.73. The number of hydrogen-bond acceptors (Lipinski definition) is 1. The van der Waals surface area contributed by atoms with Gasteiger partial charge in [-0.2, -0.15) is 0 Å². The Hall–Kier alpha value is -6.06. The Bertz CT molecular complexity index is 2520. The molecule has 0 saturated heterocycles. The minimum atomic E-state index is 0.634. The molecule has 1 heterocycles. The molecule has 0 aliphatic heterocycles. The van der Waals surface area contributed by atoms with Crippen LogP contribution in [0.1, 0.15) is 94.6 Å². The Balaban J connectivity index is 1.23. The molecule has 0 saturated carbocycles. The van der Waals surface area contributed by atoms with Gasteiger partial charge in [0.15, 0.2) is 5.84 Å². The van der Waals surface area contributed by atoms with E-state index in [1.807, 2.05) is 6.08 Å². The molecule has 0 N–H and O–H groups in total. The van der Waals surface area contributed by atoms with E-state index >= 15 is 0 Å². The lowest BCUT2D eigenvalue weighted by atomic mass is 9.90. The Kier molecular flexibility index (Phi) is 9.56. The molecule has 0 unspecified atom stereocenters. The monoisotopic (exact) mass is 701 g/mol. The summed E-state index contributed by atoms with van der Waals surface area (Å²) in [6.07, 6.45) is 20.8. The zero-order chi connectivity index (χ0) is 37.3. The van der Waals surface area contributed by atoms with Gasteiger partial charge in [-0.1, -0.05) is 104 Å². The number of nitrogens with zero attached hydrogens (tertiary/aromatic N) is 3. The molecule has 266 valence electrons. The molecular weight excluding hydrogens is 655 g/mol. The Morgan fingerprint density at radius 2 is 1.56 bits per heavy atom. The van der Waals surface area contributed by atoms with Gasteiger partial charge < -0.3 is 4.57 Å². The number of fused-ring (bicyclic) bond motifs is 3. The van der Waals surface area contributed by atoms with E-state index in [4.69, 9.17) is 9.98 Å². The molecule has 0 amide bonds. The lowest BCUT2D eigenvalue weighted by Gasteiger charge is -2.16. The second kappa shape index (κ2) is 14.8. The maximum absolute atomic E-state index is 5.35. The van der Waals surface area contributed by atoms with Crippen molar-refractivity contribution in [3.63, 3.8) is 0 Å². The molecule has 3 nitrogen and oxygen atoms in total. The largest absolute Gasteiger partial charge is 0.310 e. The van der Waals surface area contributed by atoms with Gasteiger partial charge in [0.1, 0.15) is 0 Å². The summed E-state index contributed by atoms with van der Waals surface area (Å²) >= 11 is 0. The van der Waals surface area contributed by atoms with Crippen molar-refractivity contribution >= 4 is 41.0 Å². The van der Waals surface area contributed by atoms with Crippen molar-refractivity contribution in [1.29, 1.82) is 0 Å². The smallest absolute Gasteiger partial charge is 0.160 e. The van der Waals surface area contributed by atoms with Gasteiger partial charge in [-0.15, -0.1) is 0 Å². The first-order chi connectivity index (χ1) is 26.4. The number of hydrogen-bond donors (Lipinski definition) is 0. The van der Waals surface area contributed by atoms with Crippen LogP contribution in [0.15, 0.2) is 138 Å². The second-order valence-electron chi connectivity index (χ2n) is 14.6. The summed E-state index contributed by atoms with van der Waals surface area (Å²) in [6.45, 7) is 17.3. The average molecular weight is 702 g/mol. The zero-order valence-corrected chi connectivity index (χ0v) is 31.9. The number of aryl methyl sites for hydroxylation is 2. The lowest BCUT2D eigenvalue weighted by molar-refractivity contribution is 0.935. The van der Waals surface area contributed by atoms with Gasteiger partial charge in [0, 0.05) is 33.8 Å². The quantitative estimate of drug-likeness (QED) is 0.114. The predicted molar refractivity (Wildman–Crippen MR) is 232 cm³/mol. The van der Waals surface area contributed by atoms with Crippen LogP contribution in [0.2, 0.25) is 0 Å². The molecule has 3 aliphatic carbocycles. The number of rotatable bonds is 8. The molecule has 0 spiro atoms. The highest BCUT2D eigenvalue weighted by atomic mass is 15.0. The van der Waals surface area contributed by atoms with Gasteiger partial charge in [0.25, 0.3) is 0 Å². The summed E-state index contributed by atoms with van der Waals surface area (Å²) in [7, 11) is 0. The molecule has 3 aliphatic rings. The van der Waals surface area contributed by atoms with Crippen LogP contribution in [0, 0.1) is 13.8 Å². The molecule has 4 aromatic carbocycles. The van der Waals surface area contributed by atoms with Gasteiger partial charge in [-0.3, -0.25) is 0 Å². The van der Waals surface area contributed by atoms with Crippen molar-refractivity contribution in [3.8, 4) is 16.8 Å². The van der Waals surface area contributed by atoms with E-state index in [-0.39, 0.29) is 0 Å². The third-order valence-corrected chi connectivity index (χ3v) is 11.1. The maximum Gasteiger partial charge on any atom is 0.160 e. The molecule has 8 rings (SSSR count). The first-order valence-corrected chi connectivity index (χ1v) is 19.2. The molecule has 3 heteroatoms. The van der Waals surface area contributed by atoms with Gasteiger partial charge in [-0.05, 0) is 152 Å². The number of aromatic nitrogens is 1. The summed E-state index contributed by atoms with van der Waals surface area (Å²) < 4.78 is 2.33. The minimum Gasteiger partial charge on any atom is -0.310 e. The van der Waals surface area contributed by atoms with Crippen LogP contribution in [0.25, 0.3) is 46.3 Å². The Morgan fingerprint density at radius 3 is 2.35 bits per heavy atom. The number of allylic oxidation sites excluding steroid dienone is 6. The van der Waals surface area contributed by atoms with Crippen molar-refractivity contribution in [3.05, 3.63) is 189 Å². The van der Waals surface area contributed by atoms with Crippen LogP contribution < -0.4 is 0 Å². The molecule has 0 fully saturated rings. The molecule has 54 heavy (non-hydrogen) atoms. The summed E-state index contributed by atoms with van der Waals surface area (Å²) in [5.74, 6) is 0.634. The van der Waals surface area contributed by atoms with Gasteiger partial charge in [0.2, 0.25) is 0 Å². The number of aliphatic imine (C=N–C) groups is 2. The van der Waals surface area contributed by atoms with Gasteiger partial charge in [0.05, 0.1) is 11.4 Å². The zero-order valence-electron chi connectivity index (χ0n) is 31.9. The van der Waals surface area contributed by atoms with Crippen LogP contribution in [0.3, 0.4) is 0 Å². The summed E-state index contributed by atoms with van der Waals surface area (Å²) in [6, 6.07) is 30.4. The summed E-state index contributed by atoms with van der Waals surface area (Å²) in [5.41, 5.74) is 21.2. The fraction of sp³-hybridized carbons (Fsp3) is 0.176. The second-order valence-corrected chi connectivity index (χ2v) is 14.6. The first kappa shape index (κ1) is 35.0. The third kappa shape index (κ3) is 6.34. The fourth-order valence-corrected chi connectivity index (χ4v) is 8.46. The van der Waals surface area contributed by atoms with Crippen molar-refractivity contribution in [2.45, 2.75) is 59.8 Å². The van der Waals surface area contributed by atoms with Crippen LogP contribution in [0.4, 0.5) is 0 Å². The minimum absolute atomic E-state index is 0.634. The van der Waals surface area contributed by atoms with Crippen LogP contribution >= 0.6 is 0 Å². The number of benzene rings is 4. The Morgan fingerprint density at radius 1 is 0.796 bits per heavy atom. The van der Waals surface area contributed by atoms with E-state index in [2.05, 4.69) is 167 Å². The van der Waals surface area contributed by atoms with Gasteiger partial charge in [-0.25, -0.2) is 9.98 Å². The SMILES string of the molecule is C=Cc1c(/C=C\C)c2c(n1-c1ccc(C(=NC(=C)c3ccc4c(c3)CC3=C4C=CCC3)N=C(C)c3cccc(C)c3-c3ccccc3C)cc1)C=CCC2. The molecule has 0 bridgehead atoms. The van der Waals surface area contributed by atoms with E-state index < -0.39 is 0 Å². The van der Waals surface area contributed by atoms with E-state index in [1.165, 1.54) is 55.8 Å². The van der Waals surface area contributed by atoms with Crippen molar-refractivity contribution < 1.29 is 0 Å². The summed E-state index contributed by atoms with van der Waals surface area (Å²) in [5, 5.41) is 0. The topological polar surface area (TPSA) is 29.6 Å². The molecule has 5 aromatic rings. The van der Waals surface area contributed by atoms with E-state index in [1.54, 1.807) is 5.57 Å². The van der Waals surface area contributed by atoms with Gasteiger partial charge >= 0.3 is 0 Å². The normalized spacial score (nSPS) is 15.1. The highest BCUT2D eigenvalue weighted by Gasteiger charge is 2.23. The van der Waals surface area contributed by atoms with Crippen LogP contribution in [-0.2, 0) is 12.8 Å². The highest BCUT2D eigenvalue weighted by molar-refractivity contribution is 6.15. The van der Waals surface area contributed by atoms with Crippen molar-refractivity contribution in [1.82, 2.24) is 4.57 Å². The lowest BCUT2D eigenvalue weighted by Crippen LogP contribution is -2.07. The number of amidine groups is 1. The van der Waals surface area contributed by atoms with Crippen molar-refractivity contribution in [2.24, 2.45) is 9.98 Å². The molecular formula is C51H47N3. The highest BCUT2D eigenvalue weighted by Crippen LogP contribution is 2.40. The summed E-state index contributed by atoms with van der Waals surface area (Å²) in [4.78, 5) is 10.6. The fourth-order valence-electron chi connectivity index (χ4n) is 8.46. The van der Waals surface area contributed by atoms with E-state index in [0.29, 0.717) is 11.5 Å². The first-order valence-electron chi connectivity index (χ1n) is 19.2. The Labute approximate surface area is 320 Å². The van der Waals surface area contributed by atoms with E-state index in [9.17, 15) is 0 Å². The van der Waals surface area contributed by atoms with E-state index in [0.717, 1.165) is 65.9 Å². The standard InChI is InChI=1S/C51H47N3/c1-7-16-46-47-22-13-14-24-49(47)54(48(46)8-2)41-28-25-37(26-29-41)51(52-35(5)38-27-30-45-40(31-38)32-39-19-10-12-21-44(39)45)53-36(6)43-23-15-18-34(4)50(43)42-20-11-9-17-33(42)3/h7-9,11-12,14-18,20-21,23-31H,2,5,10,13,19,22,32H2,1,3-4,6H3/b16-7-,52-51?,53-36?. The van der Waals surface area contributed by atoms with Crippen LogP contribution in [0.5, 0.6) is 0 Å². The predicted octanol–water partition coefficient (Wildman–Crippen LogP) is 13.0. The third-order valence-electron chi connectivity index (χ3n) is 11.1. The molecule has 0 radical (unpaired) electrons. The molecule has 1 aromatic heterocycles.